The summed E-state index contributed by atoms with van der Waals surface area (Å²) in [6, 6.07) is 17.5. The van der Waals surface area contributed by atoms with Gasteiger partial charge >= 0.3 is 0 Å². The molecular weight excluding hydrogens is 364 g/mol. The van der Waals surface area contributed by atoms with Crippen molar-refractivity contribution in [3.8, 4) is 0 Å². The number of hydrogen-bond donors (Lipinski definition) is 0. The van der Waals surface area contributed by atoms with Crippen LogP contribution in [0, 0.1) is 5.92 Å². The van der Waals surface area contributed by atoms with Crippen molar-refractivity contribution in [3.05, 3.63) is 88.5 Å². The standard InChI is InChI=1S/C29H34O/c1-5-24-21(11-15-25(24)20-9-7-6-8-10-20)13-18-28(30)27-16-12-22-19-23(29(2,3)4)14-17-26(22)27/h6-11,14-15,17,19,24,27H,5,12-13,16,18H2,1-4H3. The van der Waals surface area contributed by atoms with Gasteiger partial charge in [-0.05, 0) is 58.9 Å². The van der Waals surface area contributed by atoms with Gasteiger partial charge in [0.1, 0.15) is 5.78 Å². The molecule has 0 N–H and O–H groups in total. The third-order valence-corrected chi connectivity index (χ3v) is 6.95. The Hall–Kier alpha value is -2.41. The van der Waals surface area contributed by atoms with Crippen molar-refractivity contribution < 1.29 is 4.79 Å². The zero-order valence-electron chi connectivity index (χ0n) is 18.9. The monoisotopic (exact) mass is 398 g/mol. The van der Waals surface area contributed by atoms with Crippen LogP contribution >= 0.6 is 0 Å². The van der Waals surface area contributed by atoms with Crippen molar-refractivity contribution in [1.29, 1.82) is 0 Å². The zero-order chi connectivity index (χ0) is 21.3. The van der Waals surface area contributed by atoms with Gasteiger partial charge in [0, 0.05) is 18.3 Å². The van der Waals surface area contributed by atoms with Gasteiger partial charge in [0.25, 0.3) is 0 Å². The Balaban J connectivity index is 1.41. The minimum atomic E-state index is 0.0950. The third kappa shape index (κ3) is 4.08. The molecule has 4 rings (SSSR count). The number of rotatable bonds is 6. The Morgan fingerprint density at radius 3 is 2.50 bits per heavy atom. The van der Waals surface area contributed by atoms with Crippen LogP contribution in [-0.2, 0) is 16.6 Å². The summed E-state index contributed by atoms with van der Waals surface area (Å²) in [4.78, 5) is 13.1. The maximum absolute atomic E-state index is 13.1. The molecule has 0 spiro atoms. The fourth-order valence-corrected chi connectivity index (χ4v) is 5.16. The highest BCUT2D eigenvalue weighted by Crippen LogP contribution is 2.41. The van der Waals surface area contributed by atoms with Crippen molar-refractivity contribution in [2.24, 2.45) is 5.92 Å². The van der Waals surface area contributed by atoms with E-state index in [1.54, 1.807) is 0 Å². The molecule has 0 amide bonds. The summed E-state index contributed by atoms with van der Waals surface area (Å²) in [5.41, 5.74) is 8.33. The van der Waals surface area contributed by atoms with Gasteiger partial charge in [-0.25, -0.2) is 0 Å². The molecule has 2 unspecified atom stereocenters. The number of carbonyl (C=O) groups excluding carboxylic acids is 1. The van der Waals surface area contributed by atoms with E-state index in [0.29, 0.717) is 18.1 Å². The molecule has 0 bridgehead atoms. The number of fused-ring (bicyclic) bond motifs is 1. The molecule has 0 saturated carbocycles. The second-order valence-corrected chi connectivity index (χ2v) is 9.91. The van der Waals surface area contributed by atoms with Gasteiger partial charge in [0.2, 0.25) is 0 Å². The van der Waals surface area contributed by atoms with Crippen LogP contribution in [-0.4, -0.2) is 5.78 Å². The summed E-state index contributed by atoms with van der Waals surface area (Å²) in [5, 5.41) is 0. The van der Waals surface area contributed by atoms with E-state index in [2.05, 4.69) is 88.4 Å². The Morgan fingerprint density at radius 2 is 1.80 bits per heavy atom. The molecule has 0 fully saturated rings. The van der Waals surface area contributed by atoms with Crippen LogP contribution in [0.3, 0.4) is 0 Å². The molecule has 2 atom stereocenters. The fraction of sp³-hybridized carbons (Fsp3) is 0.414. The molecule has 2 aliphatic carbocycles. The highest BCUT2D eigenvalue weighted by Gasteiger charge is 2.30. The summed E-state index contributed by atoms with van der Waals surface area (Å²) in [6.45, 7) is 9.01. The van der Waals surface area contributed by atoms with Gasteiger partial charge in [-0.1, -0.05) is 94.0 Å². The van der Waals surface area contributed by atoms with Crippen LogP contribution in [0.4, 0.5) is 0 Å². The molecule has 1 heteroatoms. The lowest BCUT2D eigenvalue weighted by Crippen LogP contribution is -2.13. The Kier molecular flexibility index (Phi) is 5.82. The van der Waals surface area contributed by atoms with Gasteiger partial charge in [-0.15, -0.1) is 0 Å². The average Bonchev–Trinajstić information content (AvgIpc) is 3.35. The van der Waals surface area contributed by atoms with E-state index in [1.807, 2.05) is 0 Å². The minimum Gasteiger partial charge on any atom is -0.299 e. The molecule has 0 saturated heterocycles. The van der Waals surface area contributed by atoms with Crippen molar-refractivity contribution in [2.75, 3.05) is 0 Å². The number of Topliss-reactive ketones (excluding diaryl/α,β-unsaturated/α-hetero) is 1. The molecule has 2 aromatic carbocycles. The summed E-state index contributed by atoms with van der Waals surface area (Å²) >= 11 is 0. The number of carbonyl (C=O) groups is 1. The molecule has 2 aromatic rings. The normalized spacial score (nSPS) is 20.7. The molecule has 30 heavy (non-hydrogen) atoms. The lowest BCUT2D eigenvalue weighted by atomic mass is 9.83. The first kappa shape index (κ1) is 20.8. The summed E-state index contributed by atoms with van der Waals surface area (Å²) < 4.78 is 0. The van der Waals surface area contributed by atoms with Crippen LogP contribution < -0.4 is 0 Å². The van der Waals surface area contributed by atoms with Crippen LogP contribution in [0.2, 0.25) is 0 Å². The highest BCUT2D eigenvalue weighted by molar-refractivity contribution is 5.87. The van der Waals surface area contributed by atoms with Gasteiger partial charge in [0.15, 0.2) is 0 Å². The molecule has 1 nitrogen and oxygen atoms in total. The number of benzene rings is 2. The molecule has 0 radical (unpaired) electrons. The Morgan fingerprint density at radius 1 is 1.03 bits per heavy atom. The van der Waals surface area contributed by atoms with Crippen molar-refractivity contribution in [2.45, 2.75) is 71.1 Å². The zero-order valence-corrected chi connectivity index (χ0v) is 18.9. The van der Waals surface area contributed by atoms with E-state index in [4.69, 9.17) is 0 Å². The van der Waals surface area contributed by atoms with Crippen LogP contribution in [0.25, 0.3) is 5.57 Å². The summed E-state index contributed by atoms with van der Waals surface area (Å²) in [7, 11) is 0. The number of ketones is 1. The van der Waals surface area contributed by atoms with E-state index in [1.165, 1.54) is 33.4 Å². The third-order valence-electron chi connectivity index (χ3n) is 6.95. The largest absolute Gasteiger partial charge is 0.299 e. The Bertz CT molecular complexity index is 985. The lowest BCUT2D eigenvalue weighted by molar-refractivity contribution is -0.120. The average molecular weight is 399 g/mol. The van der Waals surface area contributed by atoms with E-state index < -0.39 is 0 Å². The maximum atomic E-state index is 13.1. The number of hydrogen-bond acceptors (Lipinski definition) is 1. The predicted octanol–water partition coefficient (Wildman–Crippen LogP) is 7.41. The van der Waals surface area contributed by atoms with Gasteiger partial charge in [0.05, 0.1) is 0 Å². The van der Waals surface area contributed by atoms with E-state index in [-0.39, 0.29) is 11.3 Å². The molecule has 0 heterocycles. The summed E-state index contributed by atoms with van der Waals surface area (Å²) in [5.74, 6) is 0.962. The van der Waals surface area contributed by atoms with Crippen molar-refractivity contribution in [1.82, 2.24) is 0 Å². The molecule has 0 aromatic heterocycles. The second kappa shape index (κ2) is 8.38. The molecular formula is C29H34O. The number of aryl methyl sites for hydroxylation is 1. The van der Waals surface area contributed by atoms with E-state index in [9.17, 15) is 4.79 Å². The van der Waals surface area contributed by atoms with E-state index >= 15 is 0 Å². The highest BCUT2D eigenvalue weighted by atomic mass is 16.1. The topological polar surface area (TPSA) is 17.1 Å². The molecule has 2 aliphatic rings. The second-order valence-electron chi connectivity index (χ2n) is 9.91. The predicted molar refractivity (Wildman–Crippen MR) is 127 cm³/mol. The maximum Gasteiger partial charge on any atom is 0.140 e. The first-order chi connectivity index (χ1) is 14.4. The quantitative estimate of drug-likeness (QED) is 0.495. The van der Waals surface area contributed by atoms with Crippen LogP contribution in [0.5, 0.6) is 0 Å². The SMILES string of the molecule is CCC1C(CCC(=O)C2CCc3cc(C(C)(C)C)ccc32)=CC=C1c1ccccc1. The van der Waals surface area contributed by atoms with Crippen LogP contribution in [0.1, 0.15) is 81.5 Å². The van der Waals surface area contributed by atoms with Gasteiger partial charge in [-0.3, -0.25) is 4.79 Å². The lowest BCUT2D eigenvalue weighted by Gasteiger charge is -2.21. The minimum absolute atomic E-state index is 0.0950. The first-order valence-electron chi connectivity index (χ1n) is 11.5. The van der Waals surface area contributed by atoms with Crippen molar-refractivity contribution in [3.63, 3.8) is 0 Å². The molecule has 0 aliphatic heterocycles. The molecule has 156 valence electrons. The van der Waals surface area contributed by atoms with Gasteiger partial charge in [-0.2, -0.15) is 0 Å². The van der Waals surface area contributed by atoms with E-state index in [0.717, 1.165) is 25.7 Å². The Labute approximate surface area is 181 Å². The summed E-state index contributed by atoms with van der Waals surface area (Å²) in [6.07, 6.45) is 9.17. The fourth-order valence-electron chi connectivity index (χ4n) is 5.16. The smallest absolute Gasteiger partial charge is 0.140 e. The van der Waals surface area contributed by atoms with Crippen molar-refractivity contribution >= 4 is 11.4 Å². The first-order valence-corrected chi connectivity index (χ1v) is 11.5. The number of allylic oxidation sites excluding steroid dienone is 4. The van der Waals surface area contributed by atoms with Gasteiger partial charge < -0.3 is 0 Å². The van der Waals surface area contributed by atoms with Crippen LogP contribution in [0.15, 0.2) is 66.3 Å².